The van der Waals surface area contributed by atoms with Gasteiger partial charge in [-0.3, -0.25) is 10.00 Å². The molecular formula is C10H20N4. The minimum atomic E-state index is 0.711. The molecular weight excluding hydrogens is 176 g/mol. The average molecular weight is 196 g/mol. The van der Waals surface area contributed by atoms with E-state index >= 15 is 0 Å². The molecule has 0 saturated heterocycles. The number of H-pyrrole nitrogens is 1. The highest BCUT2D eigenvalue weighted by molar-refractivity contribution is 5.08. The maximum absolute atomic E-state index is 5.52. The Hall–Kier alpha value is -0.870. The van der Waals surface area contributed by atoms with Gasteiger partial charge < -0.3 is 5.73 Å². The quantitative estimate of drug-likeness (QED) is 0.706. The van der Waals surface area contributed by atoms with Gasteiger partial charge in [-0.2, -0.15) is 5.10 Å². The fourth-order valence-corrected chi connectivity index (χ4v) is 1.44. The number of nitrogens with two attached hydrogens (primary N) is 1. The van der Waals surface area contributed by atoms with Gasteiger partial charge in [0.2, 0.25) is 0 Å². The number of nitrogens with zero attached hydrogens (tertiary/aromatic N) is 2. The summed E-state index contributed by atoms with van der Waals surface area (Å²) in [6, 6.07) is 2.12. The minimum absolute atomic E-state index is 0.711. The molecule has 4 heteroatoms. The second-order valence-electron chi connectivity index (χ2n) is 3.40. The van der Waals surface area contributed by atoms with E-state index in [9.17, 15) is 0 Å². The van der Waals surface area contributed by atoms with Crippen LogP contribution in [0.2, 0.25) is 0 Å². The third-order valence-electron chi connectivity index (χ3n) is 2.33. The molecule has 0 atom stereocenters. The van der Waals surface area contributed by atoms with Crippen LogP contribution in [0, 0.1) is 0 Å². The molecule has 0 bridgehead atoms. The monoisotopic (exact) mass is 196 g/mol. The molecule has 1 rings (SSSR count). The normalized spacial score (nSPS) is 11.1. The van der Waals surface area contributed by atoms with Crippen LogP contribution in [0.25, 0.3) is 0 Å². The van der Waals surface area contributed by atoms with Gasteiger partial charge in [-0.25, -0.2) is 0 Å². The lowest BCUT2D eigenvalue weighted by Crippen LogP contribution is -2.28. The topological polar surface area (TPSA) is 57.9 Å². The molecule has 4 nitrogen and oxygen atoms in total. The number of aryl methyl sites for hydroxylation is 1. The maximum atomic E-state index is 5.52. The number of hydrogen-bond acceptors (Lipinski definition) is 3. The van der Waals surface area contributed by atoms with E-state index in [0.29, 0.717) is 6.54 Å². The predicted molar refractivity (Wildman–Crippen MR) is 58.0 cm³/mol. The van der Waals surface area contributed by atoms with Gasteiger partial charge in [0.25, 0.3) is 0 Å². The molecule has 0 radical (unpaired) electrons. The van der Waals surface area contributed by atoms with Gasteiger partial charge in [-0.1, -0.05) is 13.8 Å². The zero-order valence-electron chi connectivity index (χ0n) is 9.08. The van der Waals surface area contributed by atoms with Crippen LogP contribution in [-0.2, 0) is 13.0 Å². The Morgan fingerprint density at radius 1 is 1.50 bits per heavy atom. The average Bonchev–Trinajstić information content (AvgIpc) is 2.65. The zero-order valence-corrected chi connectivity index (χ0v) is 9.08. The van der Waals surface area contributed by atoms with Crippen molar-refractivity contribution in [3.05, 3.63) is 17.5 Å². The smallest absolute Gasteiger partial charge is 0.0622 e. The molecule has 1 heterocycles. The molecule has 0 unspecified atom stereocenters. The van der Waals surface area contributed by atoms with Crippen LogP contribution in [0.15, 0.2) is 6.07 Å². The van der Waals surface area contributed by atoms with E-state index in [2.05, 4.69) is 35.0 Å². The van der Waals surface area contributed by atoms with Gasteiger partial charge in [0.1, 0.15) is 0 Å². The Morgan fingerprint density at radius 3 is 2.79 bits per heavy atom. The van der Waals surface area contributed by atoms with Crippen molar-refractivity contribution in [3.63, 3.8) is 0 Å². The molecule has 0 fully saturated rings. The van der Waals surface area contributed by atoms with Gasteiger partial charge in [-0.15, -0.1) is 0 Å². The van der Waals surface area contributed by atoms with Crippen LogP contribution in [0.1, 0.15) is 25.2 Å². The molecule has 0 spiro atoms. The molecule has 1 aromatic rings. The number of aromatic nitrogens is 2. The molecule has 0 aliphatic carbocycles. The summed E-state index contributed by atoms with van der Waals surface area (Å²) in [5.41, 5.74) is 7.83. The summed E-state index contributed by atoms with van der Waals surface area (Å²) in [5, 5.41) is 7.25. The van der Waals surface area contributed by atoms with Crippen LogP contribution in [0.4, 0.5) is 0 Å². The van der Waals surface area contributed by atoms with Gasteiger partial charge in [-0.05, 0) is 19.0 Å². The zero-order chi connectivity index (χ0) is 10.4. The first-order valence-corrected chi connectivity index (χ1v) is 5.25. The molecule has 3 N–H and O–H groups in total. The molecule has 0 aliphatic rings. The third kappa shape index (κ3) is 3.12. The first-order chi connectivity index (χ1) is 6.80. The van der Waals surface area contributed by atoms with E-state index in [1.165, 1.54) is 5.69 Å². The largest absolute Gasteiger partial charge is 0.329 e. The highest BCUT2D eigenvalue weighted by atomic mass is 15.2. The second-order valence-corrected chi connectivity index (χ2v) is 3.40. The van der Waals surface area contributed by atoms with Crippen LogP contribution in [-0.4, -0.2) is 34.7 Å². The summed E-state index contributed by atoms with van der Waals surface area (Å²) in [6.07, 6.45) is 0.986. The summed E-state index contributed by atoms with van der Waals surface area (Å²) >= 11 is 0. The number of rotatable bonds is 6. The number of likely N-dealkylation sites (N-methyl/N-ethyl adjacent to an activating group) is 1. The van der Waals surface area contributed by atoms with Crippen molar-refractivity contribution in [2.75, 3.05) is 19.6 Å². The highest BCUT2D eigenvalue weighted by Crippen LogP contribution is 2.03. The fourth-order valence-electron chi connectivity index (χ4n) is 1.44. The number of nitrogens with one attached hydrogen (secondary N) is 1. The summed E-state index contributed by atoms with van der Waals surface area (Å²) in [6.45, 7) is 7.85. The molecule has 0 amide bonds. The standard InChI is InChI=1S/C10H20N4/c1-3-9-7-10(13-12-9)8-14(4-2)6-5-11/h7H,3-6,8,11H2,1-2H3,(H,12,13). The first-order valence-electron chi connectivity index (χ1n) is 5.25. The van der Waals surface area contributed by atoms with E-state index in [1.807, 2.05) is 0 Å². The predicted octanol–water partition coefficient (Wildman–Crippen LogP) is 0.753. The molecule has 1 aromatic heterocycles. The van der Waals surface area contributed by atoms with E-state index in [-0.39, 0.29) is 0 Å². The highest BCUT2D eigenvalue weighted by Gasteiger charge is 2.04. The Labute approximate surface area is 85.5 Å². The van der Waals surface area contributed by atoms with E-state index in [4.69, 9.17) is 5.73 Å². The lowest BCUT2D eigenvalue weighted by atomic mass is 10.3. The SMILES string of the molecule is CCc1cc(CN(CC)CCN)[nH]n1. The summed E-state index contributed by atoms with van der Waals surface area (Å²) in [5.74, 6) is 0. The van der Waals surface area contributed by atoms with Crippen molar-refractivity contribution < 1.29 is 0 Å². The van der Waals surface area contributed by atoms with Crippen molar-refractivity contribution >= 4 is 0 Å². The third-order valence-corrected chi connectivity index (χ3v) is 2.33. The molecule has 14 heavy (non-hydrogen) atoms. The van der Waals surface area contributed by atoms with E-state index in [1.54, 1.807) is 0 Å². The Kier molecular flexibility index (Phi) is 4.62. The number of aromatic amines is 1. The molecule has 0 saturated carbocycles. The van der Waals surface area contributed by atoms with Crippen molar-refractivity contribution in [2.24, 2.45) is 5.73 Å². The van der Waals surface area contributed by atoms with Gasteiger partial charge in [0, 0.05) is 25.3 Å². The van der Waals surface area contributed by atoms with Crippen LogP contribution in [0.3, 0.4) is 0 Å². The Bertz CT molecular complexity index is 256. The Balaban J connectivity index is 2.48. The van der Waals surface area contributed by atoms with Gasteiger partial charge in [0.15, 0.2) is 0 Å². The van der Waals surface area contributed by atoms with E-state index < -0.39 is 0 Å². The van der Waals surface area contributed by atoms with E-state index in [0.717, 1.165) is 31.7 Å². The van der Waals surface area contributed by atoms with Crippen LogP contribution < -0.4 is 5.73 Å². The van der Waals surface area contributed by atoms with Gasteiger partial charge >= 0.3 is 0 Å². The summed E-state index contributed by atoms with van der Waals surface area (Å²) in [7, 11) is 0. The minimum Gasteiger partial charge on any atom is -0.329 e. The number of hydrogen-bond donors (Lipinski definition) is 2. The van der Waals surface area contributed by atoms with Crippen molar-refractivity contribution in [2.45, 2.75) is 26.8 Å². The van der Waals surface area contributed by atoms with Crippen molar-refractivity contribution in [3.8, 4) is 0 Å². The fraction of sp³-hybridized carbons (Fsp3) is 0.700. The second kappa shape index (κ2) is 5.78. The lowest BCUT2D eigenvalue weighted by Gasteiger charge is -2.17. The lowest BCUT2D eigenvalue weighted by molar-refractivity contribution is 0.284. The van der Waals surface area contributed by atoms with Crippen LogP contribution in [0.5, 0.6) is 0 Å². The molecule has 0 aliphatic heterocycles. The van der Waals surface area contributed by atoms with Gasteiger partial charge in [0.05, 0.1) is 5.69 Å². The van der Waals surface area contributed by atoms with Crippen molar-refractivity contribution in [1.82, 2.24) is 15.1 Å². The van der Waals surface area contributed by atoms with Crippen molar-refractivity contribution in [1.29, 1.82) is 0 Å². The Morgan fingerprint density at radius 2 is 2.29 bits per heavy atom. The summed E-state index contributed by atoms with van der Waals surface area (Å²) in [4.78, 5) is 2.30. The first kappa shape index (κ1) is 11.2. The molecule has 0 aromatic carbocycles. The summed E-state index contributed by atoms with van der Waals surface area (Å²) < 4.78 is 0. The van der Waals surface area contributed by atoms with Crippen LogP contribution >= 0.6 is 0 Å². The maximum Gasteiger partial charge on any atom is 0.0622 e. The molecule has 80 valence electrons.